The molecule has 2 aromatic rings. The standard InChI is InChI=1S/C19H19N3O6S/c1-3-28-19(25)12-5-4-6-13(9-12)22-29(26,27)14-7-8-15-16(10-14)21-18(24)11(2)17(23)20-15/h4-11,22H,3H2,1-2H3,(H,20,23)(H,21,24)/t11-/m1/s1. The smallest absolute Gasteiger partial charge is 0.338 e. The van der Waals surface area contributed by atoms with Crippen LogP contribution >= 0.6 is 0 Å². The number of fused-ring (bicyclic) bond motifs is 1. The topological polar surface area (TPSA) is 131 Å². The number of ether oxygens (including phenoxy) is 1. The third kappa shape index (κ3) is 4.37. The lowest BCUT2D eigenvalue weighted by Crippen LogP contribution is -2.28. The number of hydrogen-bond acceptors (Lipinski definition) is 6. The molecule has 2 aromatic carbocycles. The number of nitrogens with one attached hydrogen (secondary N) is 3. The lowest BCUT2D eigenvalue weighted by atomic mass is 10.1. The van der Waals surface area contributed by atoms with Gasteiger partial charge in [0, 0.05) is 5.69 Å². The summed E-state index contributed by atoms with van der Waals surface area (Å²) in [5.74, 6) is -2.49. The number of amides is 2. The van der Waals surface area contributed by atoms with Gasteiger partial charge in [-0.1, -0.05) is 6.07 Å². The van der Waals surface area contributed by atoms with Crippen molar-refractivity contribution < 1.29 is 27.5 Å². The van der Waals surface area contributed by atoms with Gasteiger partial charge in [0.25, 0.3) is 10.0 Å². The molecule has 0 radical (unpaired) electrons. The summed E-state index contributed by atoms with van der Waals surface area (Å²) >= 11 is 0. The molecule has 1 aliphatic rings. The summed E-state index contributed by atoms with van der Waals surface area (Å²) in [6.45, 7) is 3.32. The van der Waals surface area contributed by atoms with Crippen molar-refractivity contribution in [3.63, 3.8) is 0 Å². The second kappa shape index (κ2) is 7.92. The molecule has 0 unspecified atom stereocenters. The molecule has 0 fully saturated rings. The molecule has 0 saturated heterocycles. The SMILES string of the molecule is CCOC(=O)c1cccc(NS(=O)(=O)c2ccc3c(c2)NC(=O)[C@H](C)C(=O)N3)c1. The van der Waals surface area contributed by atoms with Crippen LogP contribution in [0.2, 0.25) is 0 Å². The van der Waals surface area contributed by atoms with Gasteiger partial charge in [0.1, 0.15) is 5.92 Å². The monoisotopic (exact) mass is 417 g/mol. The quantitative estimate of drug-likeness (QED) is 0.505. The highest BCUT2D eigenvalue weighted by atomic mass is 32.2. The zero-order chi connectivity index (χ0) is 21.2. The summed E-state index contributed by atoms with van der Waals surface area (Å²) in [5.41, 5.74) is 0.862. The average molecular weight is 417 g/mol. The largest absolute Gasteiger partial charge is 0.462 e. The molecular formula is C19H19N3O6S. The van der Waals surface area contributed by atoms with Crippen molar-refractivity contribution in [1.82, 2.24) is 0 Å². The van der Waals surface area contributed by atoms with Crippen LogP contribution < -0.4 is 15.4 Å². The van der Waals surface area contributed by atoms with Gasteiger partial charge in [0.05, 0.1) is 28.4 Å². The van der Waals surface area contributed by atoms with E-state index >= 15 is 0 Å². The second-order valence-corrected chi connectivity index (χ2v) is 8.00. The van der Waals surface area contributed by atoms with Crippen LogP contribution in [0.1, 0.15) is 24.2 Å². The average Bonchev–Trinajstić information content (AvgIpc) is 2.78. The van der Waals surface area contributed by atoms with Crippen molar-refractivity contribution in [2.45, 2.75) is 18.7 Å². The zero-order valence-electron chi connectivity index (χ0n) is 15.7. The first-order valence-corrected chi connectivity index (χ1v) is 10.3. The third-order valence-electron chi connectivity index (χ3n) is 4.23. The van der Waals surface area contributed by atoms with Crippen LogP contribution in [0.3, 0.4) is 0 Å². The molecule has 2 amide bonds. The predicted octanol–water partition coefficient (Wildman–Crippen LogP) is 2.19. The van der Waals surface area contributed by atoms with Crippen LogP contribution in [0.5, 0.6) is 0 Å². The Kier molecular flexibility index (Phi) is 5.55. The first kappa shape index (κ1) is 20.3. The maximum absolute atomic E-state index is 12.8. The van der Waals surface area contributed by atoms with Crippen LogP contribution in [0.4, 0.5) is 17.1 Å². The maximum Gasteiger partial charge on any atom is 0.338 e. The number of benzene rings is 2. The van der Waals surface area contributed by atoms with E-state index in [0.717, 1.165) is 0 Å². The van der Waals surface area contributed by atoms with Crippen molar-refractivity contribution in [3.8, 4) is 0 Å². The van der Waals surface area contributed by atoms with Crippen LogP contribution in [0.15, 0.2) is 47.4 Å². The van der Waals surface area contributed by atoms with Crippen molar-refractivity contribution in [3.05, 3.63) is 48.0 Å². The molecule has 3 rings (SSSR count). The highest BCUT2D eigenvalue weighted by Crippen LogP contribution is 2.29. The van der Waals surface area contributed by atoms with E-state index in [-0.39, 0.29) is 28.4 Å². The minimum absolute atomic E-state index is 0.123. The molecule has 1 heterocycles. The molecule has 29 heavy (non-hydrogen) atoms. The molecule has 1 aliphatic heterocycles. The van der Waals surface area contributed by atoms with Gasteiger partial charge in [-0.05, 0) is 50.2 Å². The van der Waals surface area contributed by atoms with Gasteiger partial charge in [0.2, 0.25) is 11.8 Å². The van der Waals surface area contributed by atoms with Crippen LogP contribution in [-0.4, -0.2) is 32.8 Å². The second-order valence-electron chi connectivity index (χ2n) is 6.31. The van der Waals surface area contributed by atoms with Crippen LogP contribution in [0, 0.1) is 5.92 Å². The first-order valence-electron chi connectivity index (χ1n) is 8.77. The van der Waals surface area contributed by atoms with E-state index in [4.69, 9.17) is 4.74 Å². The summed E-state index contributed by atoms with van der Waals surface area (Å²) in [4.78, 5) is 35.6. The molecule has 1 atom stereocenters. The number of anilines is 3. The van der Waals surface area contributed by atoms with Gasteiger partial charge >= 0.3 is 5.97 Å². The molecule has 10 heteroatoms. The summed E-state index contributed by atoms with van der Waals surface area (Å²) < 4.78 is 32.8. The highest BCUT2D eigenvalue weighted by Gasteiger charge is 2.28. The Balaban J connectivity index is 1.89. The lowest BCUT2D eigenvalue weighted by molar-refractivity contribution is -0.128. The number of carbonyl (C=O) groups is 3. The van der Waals surface area contributed by atoms with Gasteiger partial charge < -0.3 is 15.4 Å². The Morgan fingerprint density at radius 3 is 2.45 bits per heavy atom. The van der Waals surface area contributed by atoms with Gasteiger partial charge in [0.15, 0.2) is 0 Å². The summed E-state index contributed by atoms with van der Waals surface area (Å²) in [7, 11) is -4.02. The number of hydrogen-bond donors (Lipinski definition) is 3. The molecule has 0 saturated carbocycles. The minimum Gasteiger partial charge on any atom is -0.462 e. The van der Waals surface area contributed by atoms with Gasteiger partial charge in [-0.15, -0.1) is 0 Å². The van der Waals surface area contributed by atoms with Crippen LogP contribution in [0.25, 0.3) is 0 Å². The molecule has 0 spiro atoms. The Labute approximate surface area is 167 Å². The highest BCUT2D eigenvalue weighted by molar-refractivity contribution is 7.92. The van der Waals surface area contributed by atoms with Gasteiger partial charge in [-0.3, -0.25) is 14.3 Å². The van der Waals surface area contributed by atoms with Crippen molar-refractivity contribution in [2.24, 2.45) is 5.92 Å². The molecule has 9 nitrogen and oxygen atoms in total. The van der Waals surface area contributed by atoms with E-state index in [1.165, 1.54) is 49.4 Å². The molecule has 152 valence electrons. The number of rotatable bonds is 5. The maximum atomic E-state index is 12.8. The molecule has 0 aromatic heterocycles. The Morgan fingerprint density at radius 1 is 1.07 bits per heavy atom. The van der Waals surface area contributed by atoms with Gasteiger partial charge in [-0.25, -0.2) is 13.2 Å². The number of carbonyl (C=O) groups excluding carboxylic acids is 3. The normalized spacial score (nSPS) is 16.1. The number of esters is 1. The fourth-order valence-corrected chi connectivity index (χ4v) is 3.72. The lowest BCUT2D eigenvalue weighted by Gasteiger charge is -2.12. The van der Waals surface area contributed by atoms with E-state index in [2.05, 4.69) is 15.4 Å². The summed E-state index contributed by atoms with van der Waals surface area (Å²) in [6, 6.07) is 9.85. The number of sulfonamides is 1. The third-order valence-corrected chi connectivity index (χ3v) is 5.61. The Morgan fingerprint density at radius 2 is 1.76 bits per heavy atom. The molecular weight excluding hydrogens is 398 g/mol. The van der Waals surface area contributed by atoms with Gasteiger partial charge in [-0.2, -0.15) is 0 Å². The van der Waals surface area contributed by atoms with Crippen molar-refractivity contribution >= 4 is 44.9 Å². The van der Waals surface area contributed by atoms with Crippen molar-refractivity contribution in [2.75, 3.05) is 22.0 Å². The van der Waals surface area contributed by atoms with Crippen LogP contribution in [-0.2, 0) is 24.3 Å². The Bertz CT molecular complexity index is 1100. The molecule has 0 aliphatic carbocycles. The van der Waals surface area contributed by atoms with E-state index in [0.29, 0.717) is 5.69 Å². The first-order chi connectivity index (χ1) is 13.7. The van der Waals surface area contributed by atoms with E-state index < -0.39 is 33.7 Å². The molecule has 0 bridgehead atoms. The fraction of sp³-hybridized carbons (Fsp3) is 0.211. The Hall–Kier alpha value is -3.40. The van der Waals surface area contributed by atoms with E-state index in [1.54, 1.807) is 6.92 Å². The minimum atomic E-state index is -4.02. The predicted molar refractivity (Wildman–Crippen MR) is 106 cm³/mol. The summed E-state index contributed by atoms with van der Waals surface area (Å²) in [6.07, 6.45) is 0. The molecule has 3 N–H and O–H groups in total. The van der Waals surface area contributed by atoms with E-state index in [1.807, 2.05) is 0 Å². The van der Waals surface area contributed by atoms with Crippen molar-refractivity contribution in [1.29, 1.82) is 0 Å². The van der Waals surface area contributed by atoms with E-state index in [9.17, 15) is 22.8 Å². The summed E-state index contributed by atoms with van der Waals surface area (Å²) in [5, 5.41) is 5.12. The fourth-order valence-electron chi connectivity index (χ4n) is 2.64. The zero-order valence-corrected chi connectivity index (χ0v) is 16.5.